The Morgan fingerprint density at radius 3 is 2.87 bits per heavy atom. The average molecular weight is 312 g/mol. The quantitative estimate of drug-likeness (QED) is 0.775. The number of fused-ring (bicyclic) bond motifs is 1. The summed E-state index contributed by atoms with van der Waals surface area (Å²) in [5, 5.41) is 2.82. The Morgan fingerprint density at radius 1 is 1.26 bits per heavy atom. The molecule has 118 valence electrons. The lowest BCUT2D eigenvalue weighted by atomic mass is 10.2. The van der Waals surface area contributed by atoms with E-state index in [0.717, 1.165) is 5.56 Å². The van der Waals surface area contributed by atoms with E-state index in [2.05, 4.69) is 15.3 Å². The lowest BCUT2D eigenvalue weighted by molar-refractivity contribution is 0.0946. The number of amides is 1. The molecule has 0 aliphatic rings. The van der Waals surface area contributed by atoms with Gasteiger partial charge in [-0.2, -0.15) is 0 Å². The van der Waals surface area contributed by atoms with Crippen LogP contribution in [0.25, 0.3) is 5.78 Å². The van der Waals surface area contributed by atoms with Gasteiger partial charge in [0.1, 0.15) is 5.69 Å². The molecule has 3 rings (SSSR count). The van der Waals surface area contributed by atoms with Crippen molar-refractivity contribution in [1.29, 1.82) is 0 Å². The van der Waals surface area contributed by atoms with E-state index in [9.17, 15) is 4.79 Å². The number of nitrogens with zero attached hydrogens (tertiary/aromatic N) is 3. The van der Waals surface area contributed by atoms with Gasteiger partial charge in [-0.05, 0) is 12.1 Å². The first-order valence-electron chi connectivity index (χ1n) is 7.00. The van der Waals surface area contributed by atoms with Crippen LogP contribution in [0.5, 0.6) is 11.5 Å². The number of methoxy groups -OCH3 is 2. The van der Waals surface area contributed by atoms with Crippen molar-refractivity contribution < 1.29 is 14.3 Å². The minimum Gasteiger partial charge on any atom is -0.493 e. The third-order valence-corrected chi connectivity index (χ3v) is 3.39. The van der Waals surface area contributed by atoms with E-state index in [4.69, 9.17) is 9.47 Å². The number of nitrogens with one attached hydrogen (secondary N) is 1. The molecular weight excluding hydrogens is 296 g/mol. The zero-order chi connectivity index (χ0) is 16.2. The molecule has 0 aliphatic carbocycles. The smallest absolute Gasteiger partial charge is 0.271 e. The van der Waals surface area contributed by atoms with Crippen LogP contribution in [0.2, 0.25) is 0 Å². The highest BCUT2D eigenvalue weighted by Gasteiger charge is 2.13. The van der Waals surface area contributed by atoms with Crippen LogP contribution in [0.4, 0.5) is 0 Å². The van der Waals surface area contributed by atoms with Crippen molar-refractivity contribution in [2.24, 2.45) is 0 Å². The van der Waals surface area contributed by atoms with Gasteiger partial charge in [0.2, 0.25) is 5.78 Å². The number of aromatic nitrogens is 3. The van der Waals surface area contributed by atoms with E-state index in [1.165, 1.54) is 0 Å². The normalized spacial score (nSPS) is 10.5. The third kappa shape index (κ3) is 2.94. The minimum atomic E-state index is -0.277. The van der Waals surface area contributed by atoms with Gasteiger partial charge < -0.3 is 14.8 Å². The molecule has 0 radical (unpaired) electrons. The van der Waals surface area contributed by atoms with Gasteiger partial charge in [-0.3, -0.25) is 9.20 Å². The Balaban J connectivity index is 1.76. The summed E-state index contributed by atoms with van der Waals surface area (Å²) >= 11 is 0. The summed E-state index contributed by atoms with van der Waals surface area (Å²) in [6.07, 6.45) is 5.06. The largest absolute Gasteiger partial charge is 0.493 e. The molecule has 7 nitrogen and oxygen atoms in total. The predicted octanol–water partition coefficient (Wildman–Crippen LogP) is 1.68. The van der Waals surface area contributed by atoms with E-state index in [0.29, 0.717) is 29.5 Å². The fraction of sp³-hybridized carbons (Fsp3) is 0.188. The van der Waals surface area contributed by atoms with Gasteiger partial charge >= 0.3 is 0 Å². The molecule has 7 heteroatoms. The van der Waals surface area contributed by atoms with Crippen LogP contribution in [0, 0.1) is 0 Å². The number of hydrogen-bond donors (Lipinski definition) is 1. The number of hydrogen-bond acceptors (Lipinski definition) is 5. The summed E-state index contributed by atoms with van der Waals surface area (Å²) in [5.74, 6) is 1.43. The van der Waals surface area contributed by atoms with E-state index < -0.39 is 0 Å². The summed E-state index contributed by atoms with van der Waals surface area (Å²) in [5.41, 5.74) is 1.13. The van der Waals surface area contributed by atoms with E-state index in [-0.39, 0.29) is 5.91 Å². The molecule has 0 saturated heterocycles. The number of benzene rings is 1. The van der Waals surface area contributed by atoms with Crippen LogP contribution in [-0.2, 0) is 6.54 Å². The van der Waals surface area contributed by atoms with Crippen molar-refractivity contribution in [1.82, 2.24) is 19.7 Å². The zero-order valence-corrected chi connectivity index (χ0v) is 12.8. The summed E-state index contributed by atoms with van der Waals surface area (Å²) in [4.78, 5) is 20.5. The van der Waals surface area contributed by atoms with Crippen molar-refractivity contribution in [3.8, 4) is 11.5 Å². The van der Waals surface area contributed by atoms with Gasteiger partial charge in [-0.1, -0.05) is 12.1 Å². The fourth-order valence-electron chi connectivity index (χ4n) is 2.30. The number of rotatable bonds is 5. The van der Waals surface area contributed by atoms with Gasteiger partial charge in [0.25, 0.3) is 5.91 Å². The van der Waals surface area contributed by atoms with Gasteiger partial charge in [0.05, 0.1) is 14.2 Å². The van der Waals surface area contributed by atoms with Crippen molar-refractivity contribution in [3.63, 3.8) is 0 Å². The monoisotopic (exact) mass is 312 g/mol. The van der Waals surface area contributed by atoms with Crippen LogP contribution < -0.4 is 14.8 Å². The molecule has 3 aromatic rings. The van der Waals surface area contributed by atoms with Crippen LogP contribution in [-0.4, -0.2) is 34.5 Å². The minimum absolute atomic E-state index is 0.277. The van der Waals surface area contributed by atoms with E-state index in [1.54, 1.807) is 49.3 Å². The second-order valence-corrected chi connectivity index (χ2v) is 4.79. The summed E-state index contributed by atoms with van der Waals surface area (Å²) in [7, 11) is 3.14. The molecule has 0 spiro atoms. The summed E-state index contributed by atoms with van der Waals surface area (Å²) in [6, 6.07) is 7.29. The maximum atomic E-state index is 12.3. The topological polar surface area (TPSA) is 77.8 Å². The highest BCUT2D eigenvalue weighted by atomic mass is 16.5. The standard InChI is InChI=1S/C16H16N4O3/c1-22-13-6-3-5-11(14(13)23-2)9-18-15(21)12-10-20-8-4-7-17-16(20)19-12/h3-8,10H,9H2,1-2H3,(H,18,21). The number of carbonyl (C=O) groups excluding carboxylic acids is 1. The van der Waals surface area contributed by atoms with Gasteiger partial charge in [-0.25, -0.2) is 9.97 Å². The molecule has 2 aromatic heterocycles. The number of para-hydroxylation sites is 1. The first kappa shape index (κ1) is 14.8. The van der Waals surface area contributed by atoms with Gasteiger partial charge in [0.15, 0.2) is 11.5 Å². The highest BCUT2D eigenvalue weighted by molar-refractivity contribution is 5.92. The average Bonchev–Trinajstić information content (AvgIpc) is 3.03. The van der Waals surface area contributed by atoms with Gasteiger partial charge in [0, 0.05) is 30.7 Å². The molecule has 0 atom stereocenters. The summed E-state index contributed by atoms with van der Waals surface area (Å²) in [6.45, 7) is 0.306. The molecular formula is C16H16N4O3. The molecule has 0 bridgehead atoms. The number of carbonyl (C=O) groups is 1. The molecule has 0 aliphatic heterocycles. The van der Waals surface area contributed by atoms with E-state index >= 15 is 0 Å². The van der Waals surface area contributed by atoms with Crippen molar-refractivity contribution in [2.75, 3.05) is 14.2 Å². The number of imidazole rings is 1. The molecule has 23 heavy (non-hydrogen) atoms. The van der Waals surface area contributed by atoms with Gasteiger partial charge in [-0.15, -0.1) is 0 Å². The molecule has 0 fully saturated rings. The van der Waals surface area contributed by atoms with Crippen molar-refractivity contribution in [2.45, 2.75) is 6.54 Å². The fourth-order valence-corrected chi connectivity index (χ4v) is 2.30. The van der Waals surface area contributed by atoms with Crippen molar-refractivity contribution in [3.05, 3.63) is 54.1 Å². The lowest BCUT2D eigenvalue weighted by Crippen LogP contribution is -2.23. The van der Waals surface area contributed by atoms with Crippen LogP contribution in [0.3, 0.4) is 0 Å². The van der Waals surface area contributed by atoms with Crippen LogP contribution in [0.15, 0.2) is 42.9 Å². The molecule has 1 amide bonds. The second kappa shape index (κ2) is 6.35. The van der Waals surface area contributed by atoms with E-state index in [1.807, 2.05) is 12.1 Å². The highest BCUT2D eigenvalue weighted by Crippen LogP contribution is 2.30. The first-order valence-corrected chi connectivity index (χ1v) is 7.00. The van der Waals surface area contributed by atoms with Crippen molar-refractivity contribution >= 4 is 11.7 Å². The predicted molar refractivity (Wildman–Crippen MR) is 83.7 cm³/mol. The molecule has 0 unspecified atom stereocenters. The van der Waals surface area contributed by atoms with Crippen LogP contribution >= 0.6 is 0 Å². The Hall–Kier alpha value is -3.09. The maximum absolute atomic E-state index is 12.3. The zero-order valence-electron chi connectivity index (χ0n) is 12.8. The first-order chi connectivity index (χ1) is 11.2. The molecule has 1 aromatic carbocycles. The number of ether oxygens (including phenoxy) is 2. The second-order valence-electron chi connectivity index (χ2n) is 4.79. The molecule has 0 saturated carbocycles. The molecule has 2 heterocycles. The Morgan fingerprint density at radius 2 is 2.13 bits per heavy atom. The SMILES string of the molecule is COc1cccc(CNC(=O)c2cn3cccnc3n2)c1OC. The molecule has 1 N–H and O–H groups in total. The Bertz CT molecular complexity index is 811. The van der Waals surface area contributed by atoms with Crippen LogP contribution in [0.1, 0.15) is 16.1 Å². The third-order valence-electron chi connectivity index (χ3n) is 3.39. The Labute approximate surface area is 132 Å². The Kier molecular flexibility index (Phi) is 4.09. The summed E-state index contributed by atoms with van der Waals surface area (Å²) < 4.78 is 12.3. The maximum Gasteiger partial charge on any atom is 0.271 e. The lowest BCUT2D eigenvalue weighted by Gasteiger charge is -2.12.